The molecular weight excluding hydrogens is 676 g/mol. The van der Waals surface area contributed by atoms with Crippen LogP contribution >= 0.6 is 0 Å². The van der Waals surface area contributed by atoms with Gasteiger partial charge in [0.1, 0.15) is 5.75 Å². The molecule has 0 saturated heterocycles. The molecule has 11 heteroatoms. The molecule has 0 saturated carbocycles. The van der Waals surface area contributed by atoms with Crippen LogP contribution in [0.3, 0.4) is 0 Å². The number of rotatable bonds is 14. The van der Waals surface area contributed by atoms with Crippen LogP contribution in [0.2, 0.25) is 0 Å². The van der Waals surface area contributed by atoms with Crippen LogP contribution in [0.1, 0.15) is 45.5 Å². The van der Waals surface area contributed by atoms with Crippen molar-refractivity contribution in [1.29, 1.82) is 0 Å². The van der Waals surface area contributed by atoms with E-state index in [2.05, 4.69) is 48.2 Å². The molecule has 6 rings (SSSR count). The summed E-state index contributed by atoms with van der Waals surface area (Å²) in [6.45, 7) is 1.75. The number of hydrogen-bond donors (Lipinski definition) is 0. The minimum absolute atomic E-state index is 0.0264. The molecule has 0 aliphatic carbocycles. The van der Waals surface area contributed by atoms with E-state index in [-0.39, 0.29) is 12.1 Å². The van der Waals surface area contributed by atoms with Gasteiger partial charge in [0, 0.05) is 42.4 Å². The zero-order chi connectivity index (χ0) is 37.8. The van der Waals surface area contributed by atoms with Gasteiger partial charge in [0.25, 0.3) is 0 Å². The average molecular weight is 729 g/mol. The van der Waals surface area contributed by atoms with E-state index >= 15 is 0 Å². The molecule has 0 radical (unpaired) electrons. The van der Waals surface area contributed by atoms with Crippen molar-refractivity contribution in [1.82, 2.24) is 9.80 Å². The summed E-state index contributed by atoms with van der Waals surface area (Å²) in [5.41, 5.74) is 6.71. The first-order valence-corrected chi connectivity index (χ1v) is 17.8. The first-order valence-electron chi connectivity index (χ1n) is 17.8. The predicted molar refractivity (Wildman–Crippen MR) is 204 cm³/mol. The zero-order valence-electron chi connectivity index (χ0n) is 32.6. The van der Waals surface area contributed by atoms with E-state index in [1.54, 1.807) is 56.9 Å². The van der Waals surface area contributed by atoms with E-state index in [1.807, 2.05) is 24.3 Å². The molecule has 2 aliphatic heterocycles. The zero-order valence-corrected chi connectivity index (χ0v) is 32.6. The Kier molecular flexibility index (Phi) is 11.6. The smallest absolute Gasteiger partial charge is 0.204 e. The molecule has 0 spiro atoms. The number of hydrogen-bond acceptors (Lipinski definition) is 11. The number of benzene rings is 4. The quantitative estimate of drug-likeness (QED) is 0.133. The number of ether oxygens (including phenoxy) is 9. The highest BCUT2D eigenvalue weighted by Gasteiger charge is 2.33. The lowest BCUT2D eigenvalue weighted by molar-refractivity contribution is 0.223. The topological polar surface area (TPSA) is 89.6 Å². The SMILES string of the molecule is COc1ccc(CC2c3cc(Oc4cc(OC)c(OC)cc4CC4c5cc(OC)c(OC)cc5CCN4C)c(OC)c(OC)c3CCN2C)cc1OC. The van der Waals surface area contributed by atoms with Crippen LogP contribution in [0.4, 0.5) is 0 Å². The molecule has 2 heterocycles. The molecule has 0 fully saturated rings. The minimum atomic E-state index is 0.0264. The fourth-order valence-electron chi connectivity index (χ4n) is 7.80. The average Bonchev–Trinajstić information content (AvgIpc) is 3.19. The lowest BCUT2D eigenvalue weighted by Gasteiger charge is -2.36. The van der Waals surface area contributed by atoms with Crippen molar-refractivity contribution in [3.8, 4) is 57.5 Å². The summed E-state index contributed by atoms with van der Waals surface area (Å²) < 4.78 is 53.2. The second-order valence-electron chi connectivity index (χ2n) is 13.4. The van der Waals surface area contributed by atoms with E-state index in [9.17, 15) is 0 Å². The molecule has 4 aromatic carbocycles. The van der Waals surface area contributed by atoms with E-state index in [0.717, 1.165) is 60.4 Å². The van der Waals surface area contributed by atoms with Gasteiger partial charge in [-0.3, -0.25) is 9.80 Å². The minimum Gasteiger partial charge on any atom is -0.493 e. The molecule has 53 heavy (non-hydrogen) atoms. The summed E-state index contributed by atoms with van der Waals surface area (Å²) in [5, 5.41) is 0. The van der Waals surface area contributed by atoms with Gasteiger partial charge in [0.2, 0.25) is 5.75 Å². The van der Waals surface area contributed by atoms with Gasteiger partial charge in [-0.2, -0.15) is 0 Å². The van der Waals surface area contributed by atoms with Crippen molar-refractivity contribution in [3.63, 3.8) is 0 Å². The summed E-state index contributed by atoms with van der Waals surface area (Å²) >= 11 is 0. The van der Waals surface area contributed by atoms with Crippen molar-refractivity contribution < 1.29 is 42.6 Å². The molecule has 11 nitrogen and oxygen atoms in total. The maximum atomic E-state index is 6.97. The van der Waals surface area contributed by atoms with Gasteiger partial charge in [0.05, 0.1) is 56.9 Å². The van der Waals surface area contributed by atoms with Crippen LogP contribution in [0.5, 0.6) is 57.5 Å². The maximum absolute atomic E-state index is 6.97. The standard InChI is InChI=1S/C42H52N2O9/c1-43-15-13-26-20-36(47-5)38(49-7)22-29(26)32(43)19-27-21-37(48-6)39(50-8)24-34(27)53-40-23-30-28(41(51-9)42(40)52-10)14-16-44(2)31(30)17-25-11-12-33(45-3)35(18-25)46-4/h11-12,18,20-24,31-32H,13-17,19H2,1-10H3. The van der Waals surface area contributed by atoms with Crippen LogP contribution < -0.4 is 42.6 Å². The van der Waals surface area contributed by atoms with Crippen molar-refractivity contribution >= 4 is 0 Å². The summed E-state index contributed by atoms with van der Waals surface area (Å²) in [7, 11) is 17.6. The Morgan fingerprint density at radius 1 is 0.491 bits per heavy atom. The van der Waals surface area contributed by atoms with Crippen molar-refractivity contribution in [2.45, 2.75) is 37.8 Å². The first kappa shape index (κ1) is 37.7. The molecule has 2 aliphatic rings. The summed E-state index contributed by atoms with van der Waals surface area (Å²) in [4.78, 5) is 4.74. The van der Waals surface area contributed by atoms with Crippen LogP contribution in [0.15, 0.2) is 48.5 Å². The van der Waals surface area contributed by atoms with Gasteiger partial charge in [-0.05, 0) is 98.4 Å². The van der Waals surface area contributed by atoms with E-state index < -0.39 is 0 Å². The van der Waals surface area contributed by atoms with Gasteiger partial charge in [-0.15, -0.1) is 0 Å². The largest absolute Gasteiger partial charge is 0.493 e. The molecule has 4 aromatic rings. The molecule has 0 aromatic heterocycles. The van der Waals surface area contributed by atoms with Crippen LogP contribution in [-0.4, -0.2) is 93.9 Å². The van der Waals surface area contributed by atoms with E-state index in [4.69, 9.17) is 42.6 Å². The van der Waals surface area contributed by atoms with Crippen molar-refractivity contribution in [3.05, 3.63) is 81.9 Å². The molecule has 0 amide bonds. The summed E-state index contributed by atoms with van der Waals surface area (Å²) in [6, 6.07) is 16.3. The molecular formula is C42H52N2O9. The van der Waals surface area contributed by atoms with E-state index in [1.165, 1.54) is 11.1 Å². The van der Waals surface area contributed by atoms with Crippen LogP contribution in [0.25, 0.3) is 0 Å². The van der Waals surface area contributed by atoms with Crippen molar-refractivity contribution in [2.24, 2.45) is 0 Å². The Morgan fingerprint density at radius 2 is 1.04 bits per heavy atom. The number of likely N-dealkylation sites (N-methyl/N-ethyl adjacent to an activating group) is 2. The molecule has 284 valence electrons. The summed E-state index contributed by atoms with van der Waals surface area (Å²) in [6.07, 6.45) is 3.08. The number of nitrogens with zero attached hydrogens (tertiary/aromatic N) is 2. The number of fused-ring (bicyclic) bond motifs is 2. The van der Waals surface area contributed by atoms with Crippen LogP contribution in [0, 0.1) is 0 Å². The Morgan fingerprint density at radius 3 is 1.68 bits per heavy atom. The second-order valence-corrected chi connectivity index (χ2v) is 13.4. The molecule has 2 unspecified atom stereocenters. The fourth-order valence-corrected chi connectivity index (χ4v) is 7.80. The van der Waals surface area contributed by atoms with E-state index in [0.29, 0.717) is 58.2 Å². The molecule has 0 N–H and O–H groups in total. The van der Waals surface area contributed by atoms with Crippen molar-refractivity contribution in [2.75, 3.05) is 84.1 Å². The highest BCUT2D eigenvalue weighted by Crippen LogP contribution is 2.50. The van der Waals surface area contributed by atoms with Gasteiger partial charge >= 0.3 is 0 Å². The predicted octanol–water partition coefficient (Wildman–Crippen LogP) is 7.09. The third kappa shape index (κ3) is 7.32. The molecule has 0 bridgehead atoms. The third-order valence-electron chi connectivity index (χ3n) is 10.7. The second kappa shape index (κ2) is 16.3. The lowest BCUT2D eigenvalue weighted by Crippen LogP contribution is -2.34. The van der Waals surface area contributed by atoms with Gasteiger partial charge < -0.3 is 42.6 Å². The highest BCUT2D eigenvalue weighted by molar-refractivity contribution is 5.63. The third-order valence-corrected chi connectivity index (χ3v) is 10.7. The maximum Gasteiger partial charge on any atom is 0.204 e. The van der Waals surface area contributed by atoms with Gasteiger partial charge in [0.15, 0.2) is 46.0 Å². The Balaban J connectivity index is 1.45. The number of methoxy groups -OCH3 is 8. The summed E-state index contributed by atoms with van der Waals surface area (Å²) in [5.74, 6) is 6.40. The Labute approximate surface area is 313 Å². The highest BCUT2D eigenvalue weighted by atomic mass is 16.5. The Bertz CT molecular complexity index is 1930. The Hall–Kier alpha value is -5.00. The van der Waals surface area contributed by atoms with Gasteiger partial charge in [-0.1, -0.05) is 6.07 Å². The molecule has 2 atom stereocenters. The van der Waals surface area contributed by atoms with Gasteiger partial charge in [-0.25, -0.2) is 0 Å². The first-order chi connectivity index (χ1) is 25.7. The normalized spacial score (nSPS) is 16.9. The van der Waals surface area contributed by atoms with Crippen LogP contribution in [-0.2, 0) is 25.7 Å². The lowest BCUT2D eigenvalue weighted by atomic mass is 9.87. The fraction of sp³-hybridized carbons (Fsp3) is 0.429. The monoisotopic (exact) mass is 728 g/mol.